The van der Waals surface area contributed by atoms with E-state index in [2.05, 4.69) is 10.3 Å². The smallest absolute Gasteiger partial charge is 0.322 e. The van der Waals surface area contributed by atoms with Gasteiger partial charge in [0.1, 0.15) is 11.9 Å². The molecule has 0 bridgehead atoms. The van der Waals surface area contributed by atoms with Gasteiger partial charge >= 0.3 is 6.03 Å². The number of pyridine rings is 1. The summed E-state index contributed by atoms with van der Waals surface area (Å²) >= 11 is 0. The zero-order valence-electron chi connectivity index (χ0n) is 16.1. The Kier molecular flexibility index (Phi) is 4.23. The van der Waals surface area contributed by atoms with E-state index < -0.39 is 11.9 Å². The van der Waals surface area contributed by atoms with Gasteiger partial charge in [0, 0.05) is 43.5 Å². The fourth-order valence-electron chi connectivity index (χ4n) is 4.23. The molecular weight excluding hydrogens is 386 g/mol. The first-order valence-electron chi connectivity index (χ1n) is 9.80. The molecule has 30 heavy (non-hydrogen) atoms. The lowest BCUT2D eigenvalue weighted by molar-refractivity contribution is -0.136. The number of benzene rings is 1. The molecule has 2 fully saturated rings. The molecule has 9 heteroatoms. The molecule has 152 valence electrons. The highest BCUT2D eigenvalue weighted by atomic mass is 16.2. The van der Waals surface area contributed by atoms with Crippen LogP contribution >= 0.6 is 0 Å². The van der Waals surface area contributed by atoms with Crippen molar-refractivity contribution in [3.63, 3.8) is 0 Å². The first-order valence-corrected chi connectivity index (χ1v) is 9.80. The predicted molar refractivity (Wildman–Crippen MR) is 107 cm³/mol. The topological polar surface area (TPSA) is 103 Å². The van der Waals surface area contributed by atoms with Crippen molar-refractivity contribution in [1.82, 2.24) is 15.2 Å². The molecule has 0 radical (unpaired) electrons. The summed E-state index contributed by atoms with van der Waals surface area (Å²) in [4.78, 5) is 58.3. The van der Waals surface area contributed by atoms with E-state index in [1.54, 1.807) is 40.3 Å². The van der Waals surface area contributed by atoms with Crippen LogP contribution in [0.15, 0.2) is 42.6 Å². The fourth-order valence-corrected chi connectivity index (χ4v) is 4.23. The highest BCUT2D eigenvalue weighted by molar-refractivity contribution is 6.07. The molecule has 2 saturated heterocycles. The number of hydrogen-bond donors (Lipinski definition) is 1. The van der Waals surface area contributed by atoms with Crippen molar-refractivity contribution in [3.8, 4) is 0 Å². The third kappa shape index (κ3) is 2.90. The number of aromatic nitrogens is 1. The van der Waals surface area contributed by atoms with Gasteiger partial charge < -0.3 is 4.90 Å². The Morgan fingerprint density at radius 3 is 2.60 bits per heavy atom. The number of nitrogens with one attached hydrogen (secondary N) is 1. The number of fused-ring (bicyclic) bond motifs is 1. The normalized spacial score (nSPS) is 21.3. The zero-order chi connectivity index (χ0) is 20.8. The summed E-state index contributed by atoms with van der Waals surface area (Å²) in [6.07, 6.45) is 2.18. The van der Waals surface area contributed by atoms with Crippen LogP contribution in [-0.2, 0) is 16.1 Å². The molecule has 5 amide bonds. The summed E-state index contributed by atoms with van der Waals surface area (Å²) in [6, 6.07) is 9.90. The van der Waals surface area contributed by atoms with E-state index in [1.807, 2.05) is 12.1 Å². The average Bonchev–Trinajstić information content (AvgIpc) is 3.28. The van der Waals surface area contributed by atoms with E-state index in [0.717, 1.165) is 5.56 Å². The number of piperidine rings is 1. The van der Waals surface area contributed by atoms with Crippen LogP contribution in [-0.4, -0.2) is 52.8 Å². The van der Waals surface area contributed by atoms with Crippen molar-refractivity contribution in [2.24, 2.45) is 0 Å². The largest absolute Gasteiger partial charge is 0.330 e. The van der Waals surface area contributed by atoms with Gasteiger partial charge in [0.25, 0.3) is 5.91 Å². The molecule has 2 aromatic rings. The average molecular weight is 405 g/mol. The highest BCUT2D eigenvalue weighted by Crippen LogP contribution is 2.32. The van der Waals surface area contributed by atoms with Crippen molar-refractivity contribution < 1.29 is 19.2 Å². The maximum atomic E-state index is 12.9. The summed E-state index contributed by atoms with van der Waals surface area (Å²) in [6.45, 7) is 1.31. The first-order chi connectivity index (χ1) is 14.5. The quantitative estimate of drug-likeness (QED) is 0.775. The lowest BCUT2D eigenvalue weighted by Crippen LogP contribution is -2.52. The number of amides is 5. The molecule has 0 aliphatic carbocycles. The minimum absolute atomic E-state index is 0.167. The summed E-state index contributed by atoms with van der Waals surface area (Å²) in [7, 11) is 0. The number of urea groups is 1. The van der Waals surface area contributed by atoms with Crippen LogP contribution in [0.25, 0.3) is 0 Å². The predicted octanol–water partition coefficient (Wildman–Crippen LogP) is 1.29. The van der Waals surface area contributed by atoms with Crippen LogP contribution in [0, 0.1) is 0 Å². The van der Waals surface area contributed by atoms with Crippen LogP contribution in [0.3, 0.4) is 0 Å². The van der Waals surface area contributed by atoms with Gasteiger partial charge in [-0.1, -0.05) is 6.07 Å². The summed E-state index contributed by atoms with van der Waals surface area (Å²) < 4.78 is 0. The molecule has 9 nitrogen and oxygen atoms in total. The number of carbonyl (C=O) groups excluding carboxylic acids is 4. The Bertz CT molecular complexity index is 1070. The molecule has 0 saturated carbocycles. The van der Waals surface area contributed by atoms with Gasteiger partial charge in [-0.15, -0.1) is 0 Å². The van der Waals surface area contributed by atoms with Crippen molar-refractivity contribution in [3.05, 3.63) is 53.7 Å². The first kappa shape index (κ1) is 18.3. The lowest BCUT2D eigenvalue weighted by atomic mass is 10.0. The minimum Gasteiger partial charge on any atom is -0.322 e. The number of imide groups is 1. The SMILES string of the molecule is O=C1CCC(N2Cc3cc(N4CCN(c5ccccn5)C4=O)ccc3C2=O)C(=O)N1. The van der Waals surface area contributed by atoms with Crippen molar-refractivity contribution in [2.75, 3.05) is 22.9 Å². The lowest BCUT2D eigenvalue weighted by Gasteiger charge is -2.29. The number of carbonyl (C=O) groups is 4. The van der Waals surface area contributed by atoms with E-state index >= 15 is 0 Å². The molecular formula is C21H19N5O4. The van der Waals surface area contributed by atoms with Gasteiger partial charge in [-0.3, -0.25) is 29.5 Å². The maximum absolute atomic E-state index is 12.9. The monoisotopic (exact) mass is 405 g/mol. The molecule has 1 N–H and O–H groups in total. The Balaban J connectivity index is 1.37. The number of hydrogen-bond acceptors (Lipinski definition) is 5. The zero-order valence-corrected chi connectivity index (χ0v) is 16.1. The fraction of sp³-hybridized carbons (Fsp3) is 0.286. The molecule has 4 heterocycles. The summed E-state index contributed by atoms with van der Waals surface area (Å²) in [5, 5.41) is 2.30. The molecule has 1 atom stereocenters. The summed E-state index contributed by atoms with van der Waals surface area (Å²) in [5.41, 5.74) is 2.00. The Morgan fingerprint density at radius 1 is 1.00 bits per heavy atom. The molecule has 5 rings (SSSR count). The van der Waals surface area contributed by atoms with Gasteiger partial charge in [0.15, 0.2) is 0 Å². The third-order valence-corrected chi connectivity index (χ3v) is 5.75. The van der Waals surface area contributed by atoms with Crippen molar-refractivity contribution in [1.29, 1.82) is 0 Å². The van der Waals surface area contributed by atoms with Gasteiger partial charge in [-0.05, 0) is 42.3 Å². The van der Waals surface area contributed by atoms with Crippen LogP contribution in [0.5, 0.6) is 0 Å². The number of rotatable bonds is 3. The van der Waals surface area contributed by atoms with Gasteiger partial charge in [0.2, 0.25) is 11.8 Å². The molecule has 3 aliphatic rings. The van der Waals surface area contributed by atoms with E-state index in [-0.39, 0.29) is 30.8 Å². The van der Waals surface area contributed by atoms with Crippen molar-refractivity contribution >= 4 is 35.3 Å². The Hall–Kier alpha value is -3.75. The van der Waals surface area contributed by atoms with Crippen LogP contribution in [0.2, 0.25) is 0 Å². The van der Waals surface area contributed by atoms with Gasteiger partial charge in [-0.25, -0.2) is 9.78 Å². The molecule has 1 unspecified atom stereocenters. The second-order valence-electron chi connectivity index (χ2n) is 7.52. The van der Waals surface area contributed by atoms with E-state index in [0.29, 0.717) is 36.6 Å². The molecule has 1 aromatic heterocycles. The Labute approximate surface area is 172 Å². The van der Waals surface area contributed by atoms with Gasteiger partial charge in [-0.2, -0.15) is 0 Å². The molecule has 0 spiro atoms. The van der Waals surface area contributed by atoms with Crippen LogP contribution in [0.1, 0.15) is 28.8 Å². The van der Waals surface area contributed by atoms with E-state index in [4.69, 9.17) is 0 Å². The number of nitrogens with zero attached hydrogens (tertiary/aromatic N) is 4. The van der Waals surface area contributed by atoms with E-state index in [1.165, 1.54) is 4.90 Å². The van der Waals surface area contributed by atoms with E-state index in [9.17, 15) is 19.2 Å². The molecule has 3 aliphatic heterocycles. The Morgan fingerprint density at radius 2 is 1.83 bits per heavy atom. The van der Waals surface area contributed by atoms with Crippen LogP contribution in [0.4, 0.5) is 16.3 Å². The maximum Gasteiger partial charge on any atom is 0.330 e. The summed E-state index contributed by atoms with van der Waals surface area (Å²) in [5.74, 6) is -0.375. The minimum atomic E-state index is -0.654. The van der Waals surface area contributed by atoms with Crippen LogP contribution < -0.4 is 15.1 Å². The molecule has 1 aromatic carbocycles. The second-order valence-corrected chi connectivity index (χ2v) is 7.52. The standard InChI is InChI=1S/C21H19N5O4/c27-18-7-6-16(19(28)23-18)26-12-13-11-14(4-5-15(13)20(26)29)24-9-10-25(21(24)30)17-3-1-2-8-22-17/h1-5,8,11,16H,6-7,9-10,12H2,(H,23,27,28). The second kappa shape index (κ2) is 6.94. The number of anilines is 2. The highest BCUT2D eigenvalue weighted by Gasteiger charge is 2.40. The van der Waals surface area contributed by atoms with Gasteiger partial charge in [0.05, 0.1) is 0 Å². The third-order valence-electron chi connectivity index (χ3n) is 5.75. The van der Waals surface area contributed by atoms with Crippen molar-refractivity contribution in [2.45, 2.75) is 25.4 Å².